The first-order valence-electron chi connectivity index (χ1n) is 10.9. The largest absolute Gasteiger partial charge is 0.486 e. The highest BCUT2D eigenvalue weighted by atomic mass is 16.6. The van der Waals surface area contributed by atoms with E-state index in [4.69, 9.17) is 14.2 Å². The highest BCUT2D eigenvalue weighted by Gasteiger charge is 2.29. The van der Waals surface area contributed by atoms with Gasteiger partial charge in [-0.25, -0.2) is 9.59 Å². The summed E-state index contributed by atoms with van der Waals surface area (Å²) in [6.45, 7) is 5.48. The summed E-state index contributed by atoms with van der Waals surface area (Å²) in [5, 5.41) is 0. The molecule has 27 heavy (non-hydrogen) atoms. The number of unbranched alkanes of at least 4 members (excludes halogenated alkanes) is 10. The predicted octanol–water partition coefficient (Wildman–Crippen LogP) is 5.47. The van der Waals surface area contributed by atoms with Crippen molar-refractivity contribution in [3.05, 3.63) is 11.3 Å². The van der Waals surface area contributed by atoms with Crippen LogP contribution in [0, 0.1) is 0 Å². The van der Waals surface area contributed by atoms with Crippen molar-refractivity contribution in [1.82, 2.24) is 0 Å². The lowest BCUT2D eigenvalue weighted by molar-refractivity contribution is -0.144. The van der Waals surface area contributed by atoms with Gasteiger partial charge in [0.05, 0.1) is 25.4 Å². The Morgan fingerprint density at radius 1 is 0.741 bits per heavy atom. The topological polar surface area (TPSA) is 61.8 Å². The fourth-order valence-electron chi connectivity index (χ4n) is 3.08. The van der Waals surface area contributed by atoms with Crippen LogP contribution in [0.15, 0.2) is 11.3 Å². The summed E-state index contributed by atoms with van der Waals surface area (Å²) in [5.74, 6) is -0.922. The first-order chi connectivity index (χ1) is 13.2. The van der Waals surface area contributed by atoms with E-state index in [2.05, 4.69) is 13.8 Å². The number of hydrogen-bond donors (Lipinski definition) is 0. The third-order valence-corrected chi connectivity index (χ3v) is 4.77. The fourth-order valence-corrected chi connectivity index (χ4v) is 3.08. The van der Waals surface area contributed by atoms with Crippen molar-refractivity contribution in [3.8, 4) is 0 Å². The summed E-state index contributed by atoms with van der Waals surface area (Å²) >= 11 is 0. The summed E-state index contributed by atoms with van der Waals surface area (Å²) < 4.78 is 15.9. The molecule has 5 nitrogen and oxygen atoms in total. The molecule has 1 aliphatic heterocycles. The van der Waals surface area contributed by atoms with Gasteiger partial charge in [0, 0.05) is 6.42 Å². The molecule has 0 atom stereocenters. The molecular formula is C22H38O5. The van der Waals surface area contributed by atoms with E-state index < -0.39 is 11.9 Å². The maximum absolute atomic E-state index is 12.2. The normalized spacial score (nSPS) is 13.6. The van der Waals surface area contributed by atoms with E-state index in [0.29, 0.717) is 31.8 Å². The lowest BCUT2D eigenvalue weighted by atomic mass is 10.1. The highest BCUT2D eigenvalue weighted by Crippen LogP contribution is 2.22. The van der Waals surface area contributed by atoms with Crippen molar-refractivity contribution in [2.45, 2.75) is 97.3 Å². The number of hydrogen-bond acceptors (Lipinski definition) is 5. The predicted molar refractivity (Wildman–Crippen MR) is 106 cm³/mol. The molecule has 5 heteroatoms. The average Bonchev–Trinajstić information content (AvgIpc) is 3.16. The Kier molecular flexibility index (Phi) is 13.5. The van der Waals surface area contributed by atoms with Crippen LogP contribution in [0.25, 0.3) is 0 Å². The number of rotatable bonds is 16. The number of esters is 2. The standard InChI is InChI=1S/C22H38O5/c1-3-5-7-9-11-13-16-26-21(23)19-15-18-25-20(19)22(24)27-17-14-12-10-8-6-4-2/h3-18H2,1-2H3. The van der Waals surface area contributed by atoms with Gasteiger partial charge in [-0.15, -0.1) is 0 Å². The zero-order valence-corrected chi connectivity index (χ0v) is 17.4. The molecule has 156 valence electrons. The van der Waals surface area contributed by atoms with E-state index in [-0.39, 0.29) is 5.76 Å². The van der Waals surface area contributed by atoms with Gasteiger partial charge in [-0.05, 0) is 12.8 Å². The Morgan fingerprint density at radius 2 is 1.22 bits per heavy atom. The Bertz CT molecular complexity index is 416. The molecule has 1 aliphatic rings. The van der Waals surface area contributed by atoms with Gasteiger partial charge in [-0.2, -0.15) is 0 Å². The van der Waals surface area contributed by atoms with Crippen molar-refractivity contribution in [3.63, 3.8) is 0 Å². The summed E-state index contributed by atoms with van der Waals surface area (Å²) in [4.78, 5) is 24.4. The molecule has 0 N–H and O–H groups in total. The molecule has 0 amide bonds. The fraction of sp³-hybridized carbons (Fsp3) is 0.818. The van der Waals surface area contributed by atoms with Gasteiger partial charge in [0.15, 0.2) is 0 Å². The molecule has 1 rings (SSSR count). The summed E-state index contributed by atoms with van der Waals surface area (Å²) in [7, 11) is 0. The van der Waals surface area contributed by atoms with Gasteiger partial charge in [-0.1, -0.05) is 78.1 Å². The Hall–Kier alpha value is -1.52. The molecule has 0 spiro atoms. The summed E-state index contributed by atoms with van der Waals surface area (Å²) in [6.07, 6.45) is 14.0. The van der Waals surface area contributed by atoms with Crippen LogP contribution in [0.3, 0.4) is 0 Å². The van der Waals surface area contributed by atoms with Crippen LogP contribution >= 0.6 is 0 Å². The van der Waals surface area contributed by atoms with Crippen LogP contribution in [0.1, 0.15) is 97.3 Å². The minimum absolute atomic E-state index is 0.0499. The second-order valence-corrected chi connectivity index (χ2v) is 7.21. The Morgan fingerprint density at radius 3 is 1.78 bits per heavy atom. The molecule has 0 aliphatic carbocycles. The van der Waals surface area contributed by atoms with Crippen LogP contribution < -0.4 is 0 Å². The van der Waals surface area contributed by atoms with E-state index in [1.54, 1.807) is 0 Å². The smallest absolute Gasteiger partial charge is 0.374 e. The van der Waals surface area contributed by atoms with Gasteiger partial charge in [-0.3, -0.25) is 0 Å². The third kappa shape index (κ3) is 10.4. The first-order valence-corrected chi connectivity index (χ1v) is 10.9. The lowest BCUT2D eigenvalue weighted by Gasteiger charge is -2.08. The monoisotopic (exact) mass is 382 g/mol. The van der Waals surface area contributed by atoms with Gasteiger partial charge < -0.3 is 14.2 Å². The van der Waals surface area contributed by atoms with E-state index >= 15 is 0 Å². The number of carbonyl (C=O) groups is 2. The van der Waals surface area contributed by atoms with E-state index in [1.165, 1.54) is 51.4 Å². The molecule has 0 bridgehead atoms. The van der Waals surface area contributed by atoms with E-state index in [9.17, 15) is 9.59 Å². The van der Waals surface area contributed by atoms with E-state index in [0.717, 1.165) is 25.7 Å². The van der Waals surface area contributed by atoms with Crippen LogP contribution in [0.4, 0.5) is 0 Å². The minimum Gasteiger partial charge on any atom is -0.486 e. The molecule has 0 saturated heterocycles. The van der Waals surface area contributed by atoms with Crippen LogP contribution in [0.2, 0.25) is 0 Å². The van der Waals surface area contributed by atoms with Crippen molar-refractivity contribution in [2.24, 2.45) is 0 Å². The molecule has 0 saturated carbocycles. The zero-order chi connectivity index (χ0) is 19.7. The summed E-state index contributed by atoms with van der Waals surface area (Å²) in [6, 6.07) is 0. The SMILES string of the molecule is CCCCCCCCOC(=O)C1=C(C(=O)OCCCCCCCC)OCC1. The number of ether oxygens (including phenoxy) is 3. The second kappa shape index (κ2) is 15.5. The second-order valence-electron chi connectivity index (χ2n) is 7.21. The Balaban J connectivity index is 2.24. The van der Waals surface area contributed by atoms with E-state index in [1.807, 2.05) is 0 Å². The van der Waals surface area contributed by atoms with Gasteiger partial charge >= 0.3 is 11.9 Å². The van der Waals surface area contributed by atoms with Gasteiger partial charge in [0.2, 0.25) is 5.76 Å². The minimum atomic E-state index is -0.535. The maximum atomic E-state index is 12.2. The van der Waals surface area contributed by atoms with Crippen LogP contribution in [-0.4, -0.2) is 31.8 Å². The van der Waals surface area contributed by atoms with Gasteiger partial charge in [0.1, 0.15) is 0 Å². The molecule has 0 aromatic rings. The van der Waals surface area contributed by atoms with Crippen LogP contribution in [-0.2, 0) is 23.8 Å². The Labute approximate surface area is 164 Å². The van der Waals surface area contributed by atoms with Gasteiger partial charge in [0.25, 0.3) is 0 Å². The average molecular weight is 383 g/mol. The first kappa shape index (κ1) is 23.5. The van der Waals surface area contributed by atoms with Crippen LogP contribution in [0.5, 0.6) is 0 Å². The molecule has 0 radical (unpaired) electrons. The quantitative estimate of drug-likeness (QED) is 0.262. The lowest BCUT2D eigenvalue weighted by Crippen LogP contribution is -2.15. The molecule has 0 fully saturated rings. The van der Waals surface area contributed by atoms with Crippen molar-refractivity contribution < 1.29 is 23.8 Å². The van der Waals surface area contributed by atoms with Crippen molar-refractivity contribution >= 4 is 11.9 Å². The van der Waals surface area contributed by atoms with Crippen molar-refractivity contribution in [1.29, 1.82) is 0 Å². The summed E-state index contributed by atoms with van der Waals surface area (Å²) in [5.41, 5.74) is 0.328. The molecule has 0 aromatic carbocycles. The number of carbonyl (C=O) groups excluding carboxylic acids is 2. The maximum Gasteiger partial charge on any atom is 0.374 e. The highest BCUT2D eigenvalue weighted by molar-refractivity contribution is 5.99. The molecule has 0 unspecified atom stereocenters. The van der Waals surface area contributed by atoms with Crippen molar-refractivity contribution in [2.75, 3.05) is 19.8 Å². The zero-order valence-electron chi connectivity index (χ0n) is 17.4. The molecule has 1 heterocycles. The molecule has 0 aromatic heterocycles. The third-order valence-electron chi connectivity index (χ3n) is 4.77. The molecular weight excluding hydrogens is 344 g/mol.